The number of carbonyl (C=O) groups excluding carboxylic acids is 4. The number of anilines is 1. The Morgan fingerprint density at radius 3 is 2.74 bits per heavy atom. The van der Waals surface area contributed by atoms with E-state index in [0.29, 0.717) is 12.0 Å². The number of amides is 3. The fourth-order valence-electron chi connectivity index (χ4n) is 4.12. The lowest BCUT2D eigenvalue weighted by atomic mass is 10.0. The van der Waals surface area contributed by atoms with E-state index in [1.165, 1.54) is 46.3 Å². The number of oxime groups is 1. The van der Waals surface area contributed by atoms with Crippen molar-refractivity contribution < 1.29 is 33.7 Å². The van der Waals surface area contributed by atoms with Gasteiger partial charge in [-0.3, -0.25) is 29.4 Å². The van der Waals surface area contributed by atoms with Gasteiger partial charge in [0.1, 0.15) is 36.0 Å². The smallest absolute Gasteiger partial charge is 0.356 e. The number of nitro benzene ring substituents is 1. The highest BCUT2D eigenvalue weighted by atomic mass is 35.5. The van der Waals surface area contributed by atoms with Crippen LogP contribution >= 0.6 is 34.7 Å². The summed E-state index contributed by atoms with van der Waals surface area (Å²) in [5.41, 5.74) is 0.251. The zero-order valence-corrected chi connectivity index (χ0v) is 25.2. The second kappa shape index (κ2) is 14.9. The summed E-state index contributed by atoms with van der Waals surface area (Å²) >= 11 is 8.66. The van der Waals surface area contributed by atoms with Crippen molar-refractivity contribution in [1.29, 1.82) is 0 Å². The molecule has 17 heteroatoms. The minimum absolute atomic E-state index is 0.105. The van der Waals surface area contributed by atoms with Gasteiger partial charge in [-0.2, -0.15) is 0 Å². The van der Waals surface area contributed by atoms with Crippen molar-refractivity contribution in [3.8, 4) is 0 Å². The Morgan fingerprint density at radius 2 is 2.05 bits per heavy atom. The Labute approximate surface area is 259 Å². The number of halogens is 1. The van der Waals surface area contributed by atoms with Crippen molar-refractivity contribution in [2.24, 2.45) is 5.16 Å². The maximum absolute atomic E-state index is 13.3. The molecule has 0 radical (unpaired) electrons. The lowest BCUT2D eigenvalue weighted by Gasteiger charge is -2.49. The number of benzene rings is 1. The van der Waals surface area contributed by atoms with Crippen LogP contribution in [0.2, 0.25) is 0 Å². The average Bonchev–Trinajstić information content (AvgIpc) is 3.46. The summed E-state index contributed by atoms with van der Waals surface area (Å²) in [7, 11) is 0. The van der Waals surface area contributed by atoms with Gasteiger partial charge >= 0.3 is 5.97 Å². The summed E-state index contributed by atoms with van der Waals surface area (Å²) in [6, 6.07) is 4.48. The summed E-state index contributed by atoms with van der Waals surface area (Å²) in [4.78, 5) is 71.3. The Kier molecular flexibility index (Phi) is 11.1. The highest BCUT2D eigenvalue weighted by Gasteiger charge is 2.54. The van der Waals surface area contributed by atoms with Gasteiger partial charge in [0.05, 0.1) is 9.96 Å². The van der Waals surface area contributed by atoms with Crippen molar-refractivity contribution in [1.82, 2.24) is 15.2 Å². The molecule has 1 aromatic heterocycles. The number of hydrogen-bond donors (Lipinski definition) is 2. The molecule has 228 valence electrons. The third kappa shape index (κ3) is 7.69. The first-order valence-corrected chi connectivity index (χ1v) is 15.5. The van der Waals surface area contributed by atoms with Crippen LogP contribution in [0.15, 0.2) is 45.5 Å². The van der Waals surface area contributed by atoms with Gasteiger partial charge in [0, 0.05) is 23.3 Å². The van der Waals surface area contributed by atoms with Gasteiger partial charge in [0.2, 0.25) is 6.41 Å². The molecule has 1 unspecified atom stereocenters. The number of ether oxygens (including phenoxy) is 1. The molecule has 2 N–H and O–H groups in total. The number of nitrogens with one attached hydrogen (secondary N) is 2. The maximum Gasteiger partial charge on any atom is 0.356 e. The van der Waals surface area contributed by atoms with Gasteiger partial charge in [0.15, 0.2) is 10.8 Å². The minimum atomic E-state index is -0.999. The van der Waals surface area contributed by atoms with E-state index in [4.69, 9.17) is 21.2 Å². The first-order chi connectivity index (χ1) is 20.7. The Hall–Kier alpha value is -4.02. The SMILES string of the molecule is CCCCCCON=C(C(=O)NC1C(=O)N2C(C(=O)OCc3ccc([N+](=O)[O-])cc3)=C(Cl)CS[C@@H]12)c1csc(NC=O)n1. The van der Waals surface area contributed by atoms with E-state index >= 15 is 0 Å². The van der Waals surface area contributed by atoms with Crippen LogP contribution in [0.5, 0.6) is 0 Å². The molecular formula is C26H27ClN6O8S2. The number of thiazole rings is 1. The monoisotopic (exact) mass is 650 g/mol. The predicted molar refractivity (Wildman–Crippen MR) is 159 cm³/mol. The molecule has 1 fully saturated rings. The number of aromatic nitrogens is 1. The summed E-state index contributed by atoms with van der Waals surface area (Å²) in [5, 5.41) is 21.2. The van der Waals surface area contributed by atoms with Crippen molar-refractivity contribution in [3.63, 3.8) is 0 Å². The van der Waals surface area contributed by atoms with Crippen LogP contribution < -0.4 is 10.6 Å². The number of esters is 1. The number of nitro groups is 1. The van der Waals surface area contributed by atoms with Gasteiger partial charge in [-0.05, 0) is 30.5 Å². The van der Waals surface area contributed by atoms with Gasteiger partial charge in [-0.25, -0.2) is 9.78 Å². The largest absolute Gasteiger partial charge is 0.456 e. The van der Waals surface area contributed by atoms with Crippen LogP contribution in [0.25, 0.3) is 0 Å². The molecule has 0 aliphatic carbocycles. The topological polar surface area (TPSA) is 182 Å². The molecule has 3 heterocycles. The quantitative estimate of drug-likeness (QED) is 0.0550. The molecule has 0 bridgehead atoms. The van der Waals surface area contributed by atoms with Crippen LogP contribution in [0.1, 0.15) is 43.9 Å². The second-order valence-electron chi connectivity index (χ2n) is 9.25. The lowest BCUT2D eigenvalue weighted by molar-refractivity contribution is -0.384. The van der Waals surface area contributed by atoms with Gasteiger partial charge in [-0.15, -0.1) is 23.1 Å². The molecule has 2 atom stereocenters. The number of β-lactam (4-membered cyclic amide) rings is 1. The number of rotatable bonds is 15. The molecule has 2 aromatic rings. The molecular weight excluding hydrogens is 624 g/mol. The molecule has 0 spiro atoms. The van der Waals surface area contributed by atoms with E-state index in [0.717, 1.165) is 37.0 Å². The summed E-state index contributed by atoms with van der Waals surface area (Å²) in [5.74, 6) is -1.95. The van der Waals surface area contributed by atoms with E-state index in [-0.39, 0.29) is 51.9 Å². The predicted octanol–water partition coefficient (Wildman–Crippen LogP) is 3.51. The van der Waals surface area contributed by atoms with Gasteiger partial charge < -0.3 is 20.2 Å². The standard InChI is InChI=1S/C26H27ClN6O8S2/c1-2-3-4-5-10-41-31-19(18-13-43-26(29-18)28-14-34)22(35)30-20-23(36)32-21(17(27)12-42-24(20)32)25(37)40-11-15-6-8-16(9-7-15)33(38)39/h6-9,13-14,20,24H,2-5,10-12H2,1H3,(H,30,35)(H,28,29,34)/t20?,24-/m0/s1. The highest BCUT2D eigenvalue weighted by molar-refractivity contribution is 8.00. The molecule has 0 saturated carbocycles. The maximum atomic E-state index is 13.3. The minimum Gasteiger partial charge on any atom is -0.456 e. The van der Waals surface area contributed by atoms with Crippen molar-refractivity contribution in [2.75, 3.05) is 17.7 Å². The lowest BCUT2D eigenvalue weighted by Crippen LogP contribution is -2.71. The van der Waals surface area contributed by atoms with Crippen LogP contribution in [-0.2, 0) is 35.4 Å². The Balaban J connectivity index is 1.42. The fraction of sp³-hybridized carbons (Fsp3) is 0.385. The first kappa shape index (κ1) is 31.9. The van der Waals surface area contributed by atoms with E-state index in [1.807, 2.05) is 0 Å². The molecule has 2 aliphatic rings. The van der Waals surface area contributed by atoms with Crippen molar-refractivity contribution in [2.45, 2.75) is 50.6 Å². The number of hydrogen-bond acceptors (Lipinski definition) is 12. The number of unbranched alkanes of at least 4 members (excludes halogenated alkanes) is 3. The van der Waals surface area contributed by atoms with E-state index < -0.39 is 34.1 Å². The van der Waals surface area contributed by atoms with E-state index in [2.05, 4.69) is 27.7 Å². The Morgan fingerprint density at radius 1 is 1.28 bits per heavy atom. The molecule has 1 aromatic carbocycles. The number of non-ortho nitro benzene ring substituents is 1. The normalized spacial score (nSPS) is 18.0. The van der Waals surface area contributed by atoms with Crippen molar-refractivity contribution in [3.05, 3.63) is 61.7 Å². The first-order valence-electron chi connectivity index (χ1n) is 13.2. The number of fused-ring (bicyclic) bond motifs is 1. The van der Waals surface area contributed by atoms with Crippen molar-refractivity contribution >= 4 is 75.4 Å². The number of thioether (sulfide) groups is 1. The molecule has 2 aliphatic heterocycles. The van der Waals surface area contributed by atoms with E-state index in [1.54, 1.807) is 0 Å². The zero-order valence-electron chi connectivity index (χ0n) is 22.8. The fourth-order valence-corrected chi connectivity index (χ4v) is 6.32. The third-order valence-electron chi connectivity index (χ3n) is 6.31. The number of carbonyl (C=O) groups is 4. The molecule has 43 heavy (non-hydrogen) atoms. The van der Waals surface area contributed by atoms with Crippen LogP contribution in [0.3, 0.4) is 0 Å². The summed E-state index contributed by atoms with van der Waals surface area (Å²) in [6.07, 6.45) is 4.23. The average molecular weight is 651 g/mol. The molecule has 14 nitrogen and oxygen atoms in total. The third-order valence-corrected chi connectivity index (χ3v) is 8.83. The second-order valence-corrected chi connectivity index (χ2v) is 11.7. The summed E-state index contributed by atoms with van der Waals surface area (Å²) < 4.78 is 5.34. The Bertz CT molecular complexity index is 1450. The molecule has 4 rings (SSSR count). The zero-order chi connectivity index (χ0) is 30.9. The highest BCUT2D eigenvalue weighted by Crippen LogP contribution is 2.41. The van der Waals surface area contributed by atoms with Gasteiger partial charge in [0.25, 0.3) is 17.5 Å². The van der Waals surface area contributed by atoms with Crippen LogP contribution in [0, 0.1) is 10.1 Å². The van der Waals surface area contributed by atoms with Crippen LogP contribution in [-0.4, -0.2) is 68.5 Å². The number of nitrogens with zero attached hydrogens (tertiary/aromatic N) is 4. The summed E-state index contributed by atoms with van der Waals surface area (Å²) in [6.45, 7) is 2.17. The molecule has 1 saturated heterocycles. The molecule has 3 amide bonds. The van der Waals surface area contributed by atoms with Gasteiger partial charge in [-0.1, -0.05) is 36.5 Å². The van der Waals surface area contributed by atoms with E-state index in [9.17, 15) is 29.3 Å². The van der Waals surface area contributed by atoms with Crippen LogP contribution in [0.4, 0.5) is 10.8 Å².